The monoisotopic (exact) mass is 270 g/mol. The van der Waals surface area contributed by atoms with Crippen molar-refractivity contribution < 1.29 is 4.79 Å². The van der Waals surface area contributed by atoms with E-state index in [0.717, 1.165) is 24.3 Å². The lowest BCUT2D eigenvalue weighted by Crippen LogP contribution is -2.16. The third kappa shape index (κ3) is 6.07. The van der Waals surface area contributed by atoms with E-state index in [1.54, 1.807) is 0 Å². The second-order valence-electron chi connectivity index (χ2n) is 5.02. The van der Waals surface area contributed by atoms with Gasteiger partial charge in [-0.05, 0) is 25.7 Å². The quantitative estimate of drug-likeness (QED) is 0.796. The Labute approximate surface area is 112 Å². The summed E-state index contributed by atoms with van der Waals surface area (Å²) < 4.78 is 0. The van der Waals surface area contributed by atoms with Crippen LogP contribution in [0.1, 0.15) is 45.0 Å². The number of anilines is 1. The first-order valence-electron chi connectivity index (χ1n) is 6.35. The summed E-state index contributed by atoms with van der Waals surface area (Å²) >= 11 is 1.45. The highest BCUT2D eigenvalue weighted by molar-refractivity contribution is 7.15. The Bertz CT molecular complexity index is 376. The molecule has 1 aromatic heterocycles. The van der Waals surface area contributed by atoms with Gasteiger partial charge in [-0.1, -0.05) is 25.2 Å². The van der Waals surface area contributed by atoms with Gasteiger partial charge in [0.1, 0.15) is 5.01 Å². The number of nitrogens with zero attached hydrogens (tertiary/aromatic N) is 2. The molecule has 0 aliphatic heterocycles. The van der Waals surface area contributed by atoms with E-state index in [9.17, 15) is 4.79 Å². The maximum atomic E-state index is 11.6. The molecule has 5 nitrogen and oxygen atoms in total. The van der Waals surface area contributed by atoms with E-state index in [1.807, 2.05) is 6.92 Å². The molecule has 0 bridgehead atoms. The van der Waals surface area contributed by atoms with Crippen LogP contribution >= 0.6 is 11.3 Å². The van der Waals surface area contributed by atoms with Crippen LogP contribution in [0.25, 0.3) is 0 Å². The molecule has 102 valence electrons. The summed E-state index contributed by atoms with van der Waals surface area (Å²) in [6.07, 6.45) is 3.06. The standard InChI is InChI=1S/C12H22N4OS/c1-8(2)7-11-15-16-12(18-11)14-10(17)6-4-5-9(3)13/h8-9H,4-7,13H2,1-3H3,(H,14,16,17). The number of hydrogen-bond donors (Lipinski definition) is 2. The van der Waals surface area contributed by atoms with Crippen molar-refractivity contribution in [2.45, 2.75) is 52.5 Å². The molecular formula is C12H22N4OS. The van der Waals surface area contributed by atoms with Crippen molar-refractivity contribution >= 4 is 22.4 Å². The van der Waals surface area contributed by atoms with E-state index in [2.05, 4.69) is 29.4 Å². The van der Waals surface area contributed by atoms with Gasteiger partial charge in [-0.25, -0.2) is 0 Å². The number of carbonyl (C=O) groups is 1. The molecule has 1 atom stereocenters. The summed E-state index contributed by atoms with van der Waals surface area (Å²) in [7, 11) is 0. The first-order chi connectivity index (χ1) is 8.47. The number of nitrogens with two attached hydrogens (primary N) is 1. The summed E-state index contributed by atoms with van der Waals surface area (Å²) in [5, 5.41) is 12.4. The first-order valence-corrected chi connectivity index (χ1v) is 7.17. The van der Waals surface area contributed by atoms with Crippen LogP contribution in [0.15, 0.2) is 0 Å². The van der Waals surface area contributed by atoms with Gasteiger partial charge >= 0.3 is 0 Å². The fourth-order valence-corrected chi connectivity index (χ4v) is 2.47. The van der Waals surface area contributed by atoms with Crippen LogP contribution in [0.4, 0.5) is 5.13 Å². The number of carbonyl (C=O) groups excluding carboxylic acids is 1. The van der Waals surface area contributed by atoms with Gasteiger partial charge < -0.3 is 11.1 Å². The smallest absolute Gasteiger partial charge is 0.226 e. The molecule has 0 aromatic carbocycles. The van der Waals surface area contributed by atoms with Crippen LogP contribution < -0.4 is 11.1 Å². The Balaban J connectivity index is 2.33. The molecule has 0 saturated heterocycles. The molecule has 1 heterocycles. The van der Waals surface area contributed by atoms with Crippen LogP contribution in [0.5, 0.6) is 0 Å². The van der Waals surface area contributed by atoms with Crippen molar-refractivity contribution in [1.29, 1.82) is 0 Å². The predicted molar refractivity (Wildman–Crippen MR) is 74.6 cm³/mol. The minimum Gasteiger partial charge on any atom is -0.328 e. The average molecular weight is 270 g/mol. The van der Waals surface area contributed by atoms with Crippen molar-refractivity contribution in [3.63, 3.8) is 0 Å². The largest absolute Gasteiger partial charge is 0.328 e. The minimum atomic E-state index is -0.0112. The fraction of sp³-hybridized carbons (Fsp3) is 0.750. The summed E-state index contributed by atoms with van der Waals surface area (Å²) in [6.45, 7) is 6.21. The highest BCUT2D eigenvalue weighted by Gasteiger charge is 2.09. The molecule has 0 radical (unpaired) electrons. The summed E-state index contributed by atoms with van der Waals surface area (Å²) in [5.74, 6) is 0.537. The second kappa shape index (κ2) is 7.43. The topological polar surface area (TPSA) is 80.9 Å². The normalized spacial score (nSPS) is 12.7. The zero-order chi connectivity index (χ0) is 13.5. The SMILES string of the molecule is CC(C)Cc1nnc(NC(=O)CCCC(C)N)s1. The zero-order valence-electron chi connectivity index (χ0n) is 11.3. The van der Waals surface area contributed by atoms with E-state index >= 15 is 0 Å². The Morgan fingerprint density at radius 2 is 2.11 bits per heavy atom. The molecule has 0 aliphatic carbocycles. The highest BCUT2D eigenvalue weighted by atomic mass is 32.1. The lowest BCUT2D eigenvalue weighted by molar-refractivity contribution is -0.116. The van der Waals surface area contributed by atoms with Gasteiger partial charge in [0.25, 0.3) is 0 Å². The molecule has 6 heteroatoms. The number of nitrogens with one attached hydrogen (secondary N) is 1. The molecule has 0 spiro atoms. The Morgan fingerprint density at radius 1 is 1.39 bits per heavy atom. The third-order valence-corrected chi connectivity index (χ3v) is 3.22. The lowest BCUT2D eigenvalue weighted by atomic mass is 10.1. The van der Waals surface area contributed by atoms with Crippen molar-refractivity contribution in [3.05, 3.63) is 5.01 Å². The lowest BCUT2D eigenvalue weighted by Gasteiger charge is -2.03. The fourth-order valence-electron chi connectivity index (χ4n) is 1.50. The number of hydrogen-bond acceptors (Lipinski definition) is 5. The molecule has 0 fully saturated rings. The van der Waals surface area contributed by atoms with Crippen molar-refractivity contribution in [2.75, 3.05) is 5.32 Å². The highest BCUT2D eigenvalue weighted by Crippen LogP contribution is 2.18. The van der Waals surface area contributed by atoms with Gasteiger partial charge in [-0.15, -0.1) is 10.2 Å². The number of aromatic nitrogens is 2. The summed E-state index contributed by atoms with van der Waals surface area (Å²) in [5.41, 5.74) is 5.63. The second-order valence-corrected chi connectivity index (χ2v) is 6.08. The Hall–Kier alpha value is -1.01. The van der Waals surface area contributed by atoms with Crippen molar-refractivity contribution in [1.82, 2.24) is 10.2 Å². The van der Waals surface area contributed by atoms with Gasteiger partial charge in [-0.2, -0.15) is 0 Å². The minimum absolute atomic E-state index is 0.0112. The molecule has 18 heavy (non-hydrogen) atoms. The van der Waals surface area contributed by atoms with Crippen molar-refractivity contribution in [2.24, 2.45) is 11.7 Å². The maximum absolute atomic E-state index is 11.6. The molecule has 1 unspecified atom stereocenters. The maximum Gasteiger partial charge on any atom is 0.226 e. The van der Waals surface area contributed by atoms with Crippen LogP contribution in [-0.2, 0) is 11.2 Å². The molecule has 0 saturated carbocycles. The van der Waals surface area contributed by atoms with E-state index in [0.29, 0.717) is 17.5 Å². The molecule has 1 amide bonds. The third-order valence-electron chi connectivity index (χ3n) is 2.36. The van der Waals surface area contributed by atoms with E-state index in [4.69, 9.17) is 5.73 Å². The Kier molecular flexibility index (Phi) is 6.21. The molecule has 0 aliphatic rings. The number of rotatable bonds is 7. The van der Waals surface area contributed by atoms with Crippen LogP contribution in [-0.4, -0.2) is 22.1 Å². The van der Waals surface area contributed by atoms with Crippen LogP contribution in [0.3, 0.4) is 0 Å². The summed E-state index contributed by atoms with van der Waals surface area (Å²) in [4.78, 5) is 11.6. The van der Waals surface area contributed by atoms with Gasteiger partial charge in [0, 0.05) is 18.9 Å². The van der Waals surface area contributed by atoms with Crippen LogP contribution in [0.2, 0.25) is 0 Å². The van der Waals surface area contributed by atoms with Crippen LogP contribution in [0, 0.1) is 5.92 Å². The zero-order valence-corrected chi connectivity index (χ0v) is 12.1. The molecule has 1 rings (SSSR count). The summed E-state index contributed by atoms with van der Waals surface area (Å²) in [6, 6.07) is 0.150. The van der Waals surface area contributed by atoms with Gasteiger partial charge in [-0.3, -0.25) is 4.79 Å². The van der Waals surface area contributed by atoms with Crippen molar-refractivity contribution in [3.8, 4) is 0 Å². The Morgan fingerprint density at radius 3 is 2.72 bits per heavy atom. The van der Waals surface area contributed by atoms with Gasteiger partial charge in [0.2, 0.25) is 11.0 Å². The molecule has 3 N–H and O–H groups in total. The van der Waals surface area contributed by atoms with E-state index in [-0.39, 0.29) is 11.9 Å². The van der Waals surface area contributed by atoms with E-state index < -0.39 is 0 Å². The average Bonchev–Trinajstić information content (AvgIpc) is 2.63. The van der Waals surface area contributed by atoms with Gasteiger partial charge in [0.15, 0.2) is 0 Å². The molecular weight excluding hydrogens is 248 g/mol. The number of amides is 1. The molecule has 1 aromatic rings. The van der Waals surface area contributed by atoms with E-state index in [1.165, 1.54) is 11.3 Å². The predicted octanol–water partition coefficient (Wildman–Crippen LogP) is 2.19. The van der Waals surface area contributed by atoms with Gasteiger partial charge in [0.05, 0.1) is 0 Å². The first kappa shape index (κ1) is 15.0.